The predicted molar refractivity (Wildman–Crippen MR) is 124 cm³/mol. The number of hydrogen-bond acceptors (Lipinski definition) is 7. The van der Waals surface area contributed by atoms with Crippen LogP contribution < -0.4 is 14.8 Å². The first-order chi connectivity index (χ1) is 16.0. The number of hydrogen-bond donors (Lipinski definition) is 3. The molecule has 1 saturated heterocycles. The molecule has 0 bridgehead atoms. The van der Waals surface area contributed by atoms with Gasteiger partial charge < -0.3 is 10.0 Å². The van der Waals surface area contributed by atoms with Crippen molar-refractivity contribution in [3.8, 4) is 0 Å². The molecule has 0 saturated carbocycles. The number of aliphatic hydroxyl groups is 1. The molecule has 4 rings (SSSR count). The zero-order valence-corrected chi connectivity index (χ0v) is 19.8. The molecule has 0 aromatic heterocycles. The Hall–Kier alpha value is -1.87. The van der Waals surface area contributed by atoms with Crippen LogP contribution in [0.3, 0.4) is 0 Å². The van der Waals surface area contributed by atoms with Crippen LogP contribution in [0.15, 0.2) is 52.3 Å². The molecule has 0 amide bonds. The van der Waals surface area contributed by atoms with E-state index in [0.29, 0.717) is 43.3 Å². The first-order valence-corrected chi connectivity index (χ1v) is 13.0. The molecule has 186 valence electrons. The van der Waals surface area contributed by atoms with Crippen LogP contribution in [-0.4, -0.2) is 75.4 Å². The van der Waals surface area contributed by atoms with Gasteiger partial charge in [0.2, 0.25) is 0 Å². The second kappa shape index (κ2) is 10.0. The minimum Gasteiger partial charge on any atom is -0.390 e. The number of halogens is 3. The standard InChI is InChI=1S/C21H26F3N5O3S2/c22-21(23,24)15-5-6-20-18(11-15)29(17-3-1-2-4-19(17)33-20)13-16(30)12-27-7-9-28(10-8-27)14-26-34(25,31)32/h1-6,11,16,26,30H,7-10,12-14H2,(H2,25,31,32). The van der Waals surface area contributed by atoms with Crippen LogP contribution in [-0.2, 0) is 16.4 Å². The van der Waals surface area contributed by atoms with Gasteiger partial charge >= 0.3 is 6.18 Å². The van der Waals surface area contributed by atoms with Crippen molar-refractivity contribution in [1.29, 1.82) is 0 Å². The van der Waals surface area contributed by atoms with Gasteiger partial charge in [-0.25, -0.2) is 5.14 Å². The highest BCUT2D eigenvalue weighted by Crippen LogP contribution is 2.49. The maximum Gasteiger partial charge on any atom is 0.416 e. The lowest BCUT2D eigenvalue weighted by atomic mass is 10.1. The molecule has 1 unspecified atom stereocenters. The van der Waals surface area contributed by atoms with Gasteiger partial charge in [-0.05, 0) is 30.3 Å². The van der Waals surface area contributed by atoms with Crippen LogP contribution in [0.25, 0.3) is 0 Å². The van der Waals surface area contributed by atoms with Crippen molar-refractivity contribution >= 4 is 33.3 Å². The smallest absolute Gasteiger partial charge is 0.390 e. The normalized spacial score (nSPS) is 18.4. The van der Waals surface area contributed by atoms with Crippen LogP contribution in [0.4, 0.5) is 24.5 Å². The molecule has 2 aliphatic rings. The Kier molecular flexibility index (Phi) is 7.43. The zero-order chi connectivity index (χ0) is 24.5. The molecule has 0 aliphatic carbocycles. The van der Waals surface area contributed by atoms with E-state index >= 15 is 0 Å². The molecule has 1 atom stereocenters. The van der Waals surface area contributed by atoms with E-state index < -0.39 is 28.1 Å². The van der Waals surface area contributed by atoms with Gasteiger partial charge in [-0.15, -0.1) is 0 Å². The van der Waals surface area contributed by atoms with Gasteiger partial charge in [0.15, 0.2) is 0 Å². The summed E-state index contributed by atoms with van der Waals surface area (Å²) in [5.41, 5.74) is 0.462. The third kappa shape index (κ3) is 6.22. The van der Waals surface area contributed by atoms with E-state index in [9.17, 15) is 26.7 Å². The van der Waals surface area contributed by atoms with Crippen molar-refractivity contribution in [2.45, 2.75) is 22.1 Å². The quantitative estimate of drug-likeness (QED) is 0.517. The number of benzene rings is 2. The molecule has 0 spiro atoms. The van der Waals surface area contributed by atoms with E-state index in [1.54, 1.807) is 4.90 Å². The summed E-state index contributed by atoms with van der Waals surface area (Å²) in [7, 11) is -3.76. The summed E-state index contributed by atoms with van der Waals surface area (Å²) in [5, 5.41) is 15.8. The first kappa shape index (κ1) is 25.2. The molecular weight excluding hydrogens is 491 g/mol. The molecule has 34 heavy (non-hydrogen) atoms. The van der Waals surface area contributed by atoms with Gasteiger partial charge in [0.25, 0.3) is 10.2 Å². The maximum absolute atomic E-state index is 13.4. The summed E-state index contributed by atoms with van der Waals surface area (Å²) < 4.78 is 64.5. The molecule has 8 nitrogen and oxygen atoms in total. The largest absolute Gasteiger partial charge is 0.416 e. The number of rotatable bonds is 7. The Morgan fingerprint density at radius 2 is 1.65 bits per heavy atom. The monoisotopic (exact) mass is 517 g/mol. The SMILES string of the molecule is NS(=O)(=O)NCN1CCN(CC(O)CN2c3ccccc3Sc3ccc(C(F)(F)F)cc32)CC1. The summed E-state index contributed by atoms with van der Waals surface area (Å²) >= 11 is 1.41. The van der Waals surface area contributed by atoms with Gasteiger partial charge in [-0.1, -0.05) is 23.9 Å². The van der Waals surface area contributed by atoms with Crippen LogP contribution >= 0.6 is 11.8 Å². The molecule has 4 N–H and O–H groups in total. The number of para-hydroxylation sites is 1. The van der Waals surface area contributed by atoms with Crippen LogP contribution in [0.2, 0.25) is 0 Å². The van der Waals surface area contributed by atoms with Crippen LogP contribution in [0.5, 0.6) is 0 Å². The van der Waals surface area contributed by atoms with Crippen molar-refractivity contribution in [3.63, 3.8) is 0 Å². The van der Waals surface area contributed by atoms with Crippen LogP contribution in [0, 0.1) is 0 Å². The molecule has 2 aliphatic heterocycles. The minimum atomic E-state index is -4.46. The van der Waals surface area contributed by atoms with Crippen molar-refractivity contribution in [3.05, 3.63) is 48.0 Å². The average Bonchev–Trinajstić information content (AvgIpc) is 2.77. The van der Waals surface area contributed by atoms with Gasteiger partial charge in [0.1, 0.15) is 0 Å². The lowest BCUT2D eigenvalue weighted by Gasteiger charge is -2.38. The van der Waals surface area contributed by atoms with Gasteiger partial charge in [-0.2, -0.15) is 26.3 Å². The summed E-state index contributed by atoms with van der Waals surface area (Å²) in [6.45, 7) is 3.02. The Morgan fingerprint density at radius 3 is 2.32 bits per heavy atom. The third-order valence-corrected chi connectivity index (χ3v) is 7.43. The Morgan fingerprint density at radius 1 is 1.00 bits per heavy atom. The maximum atomic E-state index is 13.4. The second-order valence-electron chi connectivity index (χ2n) is 8.28. The Balaban J connectivity index is 1.44. The minimum absolute atomic E-state index is 0.121. The van der Waals surface area contributed by atoms with E-state index in [2.05, 4.69) is 9.62 Å². The molecule has 2 aromatic rings. The number of nitrogens with one attached hydrogen (secondary N) is 1. The topological polar surface area (TPSA) is 102 Å². The number of nitrogens with zero attached hydrogens (tertiary/aromatic N) is 3. The zero-order valence-electron chi connectivity index (χ0n) is 18.2. The Bertz CT molecular complexity index is 1120. The predicted octanol–water partition coefficient (Wildman–Crippen LogP) is 2.04. The highest BCUT2D eigenvalue weighted by Gasteiger charge is 2.34. The number of β-amino-alcohol motifs (C(OH)–C–C–N with tert-alkyl or cyclic N) is 1. The first-order valence-electron chi connectivity index (χ1n) is 10.7. The van der Waals surface area contributed by atoms with E-state index in [1.165, 1.54) is 17.8 Å². The highest BCUT2D eigenvalue weighted by atomic mass is 32.2. The van der Waals surface area contributed by atoms with Crippen LogP contribution in [0.1, 0.15) is 5.56 Å². The second-order valence-corrected chi connectivity index (χ2v) is 10.7. The number of anilines is 2. The fourth-order valence-electron chi connectivity index (χ4n) is 4.08. The number of alkyl halides is 3. The number of nitrogens with two attached hydrogens (primary N) is 1. The van der Waals surface area contributed by atoms with E-state index in [0.717, 1.165) is 22.7 Å². The summed E-state index contributed by atoms with van der Waals surface area (Å²) in [6.07, 6.45) is -5.27. The summed E-state index contributed by atoms with van der Waals surface area (Å²) in [6, 6.07) is 11.2. The van der Waals surface area contributed by atoms with Gasteiger partial charge in [-0.3, -0.25) is 9.80 Å². The lowest BCUT2D eigenvalue weighted by molar-refractivity contribution is -0.137. The molecular formula is C21H26F3N5O3S2. The van der Waals surface area contributed by atoms with E-state index in [4.69, 9.17) is 5.14 Å². The van der Waals surface area contributed by atoms with Crippen molar-refractivity contribution in [2.24, 2.45) is 5.14 Å². The molecule has 1 fully saturated rings. The molecule has 2 heterocycles. The highest BCUT2D eigenvalue weighted by molar-refractivity contribution is 7.99. The third-order valence-electron chi connectivity index (χ3n) is 5.77. The molecule has 0 radical (unpaired) electrons. The van der Waals surface area contributed by atoms with Crippen molar-refractivity contribution < 1.29 is 26.7 Å². The van der Waals surface area contributed by atoms with Gasteiger partial charge in [0.05, 0.1) is 36.3 Å². The lowest BCUT2D eigenvalue weighted by Crippen LogP contribution is -2.52. The van der Waals surface area contributed by atoms with E-state index in [-0.39, 0.29) is 13.2 Å². The Labute approximate surface area is 200 Å². The average molecular weight is 518 g/mol. The number of piperazine rings is 1. The summed E-state index contributed by atoms with van der Waals surface area (Å²) in [5.74, 6) is 0. The molecule has 13 heteroatoms. The fraction of sp³-hybridized carbons (Fsp3) is 0.429. The van der Waals surface area contributed by atoms with Gasteiger partial charge in [0, 0.05) is 42.5 Å². The van der Waals surface area contributed by atoms with Crippen molar-refractivity contribution in [1.82, 2.24) is 14.5 Å². The summed E-state index contributed by atoms with van der Waals surface area (Å²) in [4.78, 5) is 7.33. The van der Waals surface area contributed by atoms with E-state index in [1.807, 2.05) is 29.2 Å². The molecule has 2 aromatic carbocycles. The number of aliphatic hydroxyl groups excluding tert-OH is 1. The number of fused-ring (bicyclic) bond motifs is 2. The van der Waals surface area contributed by atoms with Crippen molar-refractivity contribution in [2.75, 3.05) is 50.8 Å². The fourth-order valence-corrected chi connectivity index (χ4v) is 5.52.